The van der Waals surface area contributed by atoms with Crippen LogP contribution >= 0.6 is 11.6 Å². The fraction of sp³-hybridized carbons (Fsp3) is 0.188. The van der Waals surface area contributed by atoms with Crippen molar-refractivity contribution < 1.29 is 4.39 Å². The molecule has 0 heterocycles. The van der Waals surface area contributed by atoms with Crippen LogP contribution in [0.1, 0.15) is 22.3 Å². The molecule has 20 heavy (non-hydrogen) atoms. The quantitative estimate of drug-likeness (QED) is 0.679. The minimum atomic E-state index is -0.231. The number of halogens is 2. The van der Waals surface area contributed by atoms with Gasteiger partial charge in [-0.3, -0.25) is 4.99 Å². The van der Waals surface area contributed by atoms with Gasteiger partial charge in [-0.15, -0.1) is 0 Å². The maximum atomic E-state index is 13.2. The Bertz CT molecular complexity index is 666. The molecule has 0 aliphatic heterocycles. The predicted molar refractivity (Wildman–Crippen MR) is 82.0 cm³/mol. The highest BCUT2D eigenvalue weighted by Gasteiger charge is 2.09. The second-order valence-electron chi connectivity index (χ2n) is 4.67. The van der Waals surface area contributed by atoms with E-state index in [-0.39, 0.29) is 5.82 Å². The summed E-state index contributed by atoms with van der Waals surface area (Å²) in [6.45, 7) is 1.98. The molecule has 2 aromatic carbocycles. The molecule has 0 aliphatic rings. The SMILES string of the molecule is CN=C(N)c1cc(C)c(Cc2cccc(F)c2)cc1Cl. The summed E-state index contributed by atoms with van der Waals surface area (Å²) in [6.07, 6.45) is 0.632. The molecule has 2 N–H and O–H groups in total. The zero-order valence-corrected chi connectivity index (χ0v) is 12.2. The van der Waals surface area contributed by atoms with Gasteiger partial charge >= 0.3 is 0 Å². The number of amidine groups is 1. The predicted octanol–water partition coefficient (Wildman–Crippen LogP) is 3.71. The van der Waals surface area contributed by atoms with Crippen LogP contribution in [-0.2, 0) is 6.42 Å². The first-order chi connectivity index (χ1) is 9.51. The lowest BCUT2D eigenvalue weighted by Crippen LogP contribution is -2.14. The third-order valence-corrected chi connectivity index (χ3v) is 3.54. The van der Waals surface area contributed by atoms with Crippen LogP contribution < -0.4 is 5.73 Å². The average molecular weight is 291 g/mol. The van der Waals surface area contributed by atoms with Crippen molar-refractivity contribution in [3.05, 3.63) is 69.5 Å². The van der Waals surface area contributed by atoms with Gasteiger partial charge in [-0.1, -0.05) is 23.7 Å². The highest BCUT2D eigenvalue weighted by molar-refractivity contribution is 6.34. The van der Waals surface area contributed by atoms with E-state index in [1.54, 1.807) is 13.1 Å². The third-order valence-electron chi connectivity index (χ3n) is 3.23. The van der Waals surface area contributed by atoms with Crippen molar-refractivity contribution in [3.63, 3.8) is 0 Å². The second kappa shape index (κ2) is 6.06. The van der Waals surface area contributed by atoms with Gasteiger partial charge in [-0.25, -0.2) is 4.39 Å². The van der Waals surface area contributed by atoms with Crippen LogP contribution in [0.5, 0.6) is 0 Å². The Morgan fingerprint density at radius 1 is 1.30 bits per heavy atom. The fourth-order valence-electron chi connectivity index (χ4n) is 2.10. The number of aryl methyl sites for hydroxylation is 1. The summed E-state index contributed by atoms with van der Waals surface area (Å²) in [6, 6.07) is 10.4. The van der Waals surface area contributed by atoms with Crippen molar-refractivity contribution in [2.24, 2.45) is 10.7 Å². The Morgan fingerprint density at radius 3 is 2.70 bits per heavy atom. The molecule has 2 rings (SSSR count). The molecule has 0 aliphatic carbocycles. The van der Waals surface area contributed by atoms with Gasteiger partial charge in [-0.05, 0) is 54.3 Å². The highest BCUT2D eigenvalue weighted by Crippen LogP contribution is 2.23. The van der Waals surface area contributed by atoms with E-state index < -0.39 is 0 Å². The lowest BCUT2D eigenvalue weighted by molar-refractivity contribution is 0.626. The minimum Gasteiger partial charge on any atom is -0.383 e. The Balaban J connectivity index is 2.37. The number of aliphatic imine (C=N–C) groups is 1. The van der Waals surface area contributed by atoms with Crippen molar-refractivity contribution in [3.8, 4) is 0 Å². The summed E-state index contributed by atoms with van der Waals surface area (Å²) in [4.78, 5) is 3.95. The monoisotopic (exact) mass is 290 g/mol. The Morgan fingerprint density at radius 2 is 2.05 bits per heavy atom. The van der Waals surface area contributed by atoms with Gasteiger partial charge in [0.1, 0.15) is 11.7 Å². The number of rotatable bonds is 3. The summed E-state index contributed by atoms with van der Waals surface area (Å²) in [5, 5.41) is 0.560. The van der Waals surface area contributed by atoms with Gasteiger partial charge in [0.2, 0.25) is 0 Å². The van der Waals surface area contributed by atoms with Gasteiger partial charge in [0.05, 0.1) is 5.02 Å². The van der Waals surface area contributed by atoms with Gasteiger partial charge in [0, 0.05) is 12.6 Å². The molecule has 0 spiro atoms. The molecule has 0 aromatic heterocycles. The van der Waals surface area contributed by atoms with Crippen molar-refractivity contribution in [1.29, 1.82) is 0 Å². The lowest BCUT2D eigenvalue weighted by atomic mass is 9.98. The number of nitrogens with zero attached hydrogens (tertiary/aromatic N) is 1. The van der Waals surface area contributed by atoms with Crippen LogP contribution in [0.15, 0.2) is 41.4 Å². The molecule has 0 saturated carbocycles. The topological polar surface area (TPSA) is 38.4 Å². The van der Waals surface area contributed by atoms with Gasteiger partial charge in [-0.2, -0.15) is 0 Å². The van der Waals surface area contributed by atoms with Crippen LogP contribution in [0.3, 0.4) is 0 Å². The molecule has 0 fully saturated rings. The lowest BCUT2D eigenvalue weighted by Gasteiger charge is -2.11. The first kappa shape index (κ1) is 14.5. The molecular formula is C16H16ClFN2. The van der Waals surface area contributed by atoms with Crippen molar-refractivity contribution in [1.82, 2.24) is 0 Å². The van der Waals surface area contributed by atoms with Crippen molar-refractivity contribution in [2.75, 3.05) is 7.05 Å². The molecule has 4 heteroatoms. The molecule has 2 nitrogen and oxygen atoms in total. The van der Waals surface area contributed by atoms with Crippen molar-refractivity contribution in [2.45, 2.75) is 13.3 Å². The molecule has 0 atom stereocenters. The summed E-state index contributed by atoms with van der Waals surface area (Å²) >= 11 is 6.24. The van der Waals surface area contributed by atoms with E-state index in [4.69, 9.17) is 17.3 Å². The van der Waals surface area contributed by atoms with Crippen LogP contribution in [0.4, 0.5) is 4.39 Å². The van der Waals surface area contributed by atoms with E-state index in [2.05, 4.69) is 4.99 Å². The van der Waals surface area contributed by atoms with E-state index in [1.165, 1.54) is 12.1 Å². The standard InChI is InChI=1S/C16H16ClFN2/c1-10-6-14(16(19)20-2)15(17)9-12(10)7-11-4-3-5-13(18)8-11/h3-6,8-9H,7H2,1-2H3,(H2,19,20). The molecular weight excluding hydrogens is 275 g/mol. The van der Waals surface area contributed by atoms with E-state index in [1.807, 2.05) is 25.1 Å². The maximum absolute atomic E-state index is 13.2. The fourth-order valence-corrected chi connectivity index (χ4v) is 2.38. The molecule has 0 bridgehead atoms. The zero-order chi connectivity index (χ0) is 14.7. The van der Waals surface area contributed by atoms with Crippen LogP contribution in [0.2, 0.25) is 5.02 Å². The molecule has 104 valence electrons. The Kier molecular flexibility index (Phi) is 4.40. The van der Waals surface area contributed by atoms with Gasteiger partial charge in [0.25, 0.3) is 0 Å². The maximum Gasteiger partial charge on any atom is 0.126 e. The number of benzene rings is 2. The largest absolute Gasteiger partial charge is 0.383 e. The first-order valence-corrected chi connectivity index (χ1v) is 6.65. The second-order valence-corrected chi connectivity index (χ2v) is 5.08. The minimum absolute atomic E-state index is 0.231. The Hall–Kier alpha value is -1.87. The molecule has 0 saturated heterocycles. The van der Waals surface area contributed by atoms with Gasteiger partial charge < -0.3 is 5.73 Å². The zero-order valence-electron chi connectivity index (χ0n) is 11.5. The smallest absolute Gasteiger partial charge is 0.126 e. The van der Waals surface area contributed by atoms with Crippen LogP contribution in [-0.4, -0.2) is 12.9 Å². The van der Waals surface area contributed by atoms with Gasteiger partial charge in [0.15, 0.2) is 0 Å². The third kappa shape index (κ3) is 3.17. The molecule has 0 amide bonds. The van der Waals surface area contributed by atoms with E-state index in [0.717, 1.165) is 22.3 Å². The summed E-state index contributed by atoms with van der Waals surface area (Å²) < 4.78 is 13.2. The van der Waals surface area contributed by atoms with Crippen molar-refractivity contribution >= 4 is 17.4 Å². The highest BCUT2D eigenvalue weighted by atomic mass is 35.5. The van der Waals surface area contributed by atoms with E-state index in [9.17, 15) is 4.39 Å². The summed E-state index contributed by atoms with van der Waals surface area (Å²) in [5.41, 5.74) is 9.55. The Labute approximate surface area is 123 Å². The summed E-state index contributed by atoms with van der Waals surface area (Å²) in [5.74, 6) is 0.181. The summed E-state index contributed by atoms with van der Waals surface area (Å²) in [7, 11) is 1.63. The number of nitrogens with two attached hydrogens (primary N) is 1. The van der Waals surface area contributed by atoms with Crippen LogP contribution in [0.25, 0.3) is 0 Å². The van der Waals surface area contributed by atoms with E-state index in [0.29, 0.717) is 17.3 Å². The van der Waals surface area contributed by atoms with Crippen LogP contribution in [0, 0.1) is 12.7 Å². The molecule has 0 radical (unpaired) electrons. The number of hydrogen-bond acceptors (Lipinski definition) is 1. The van der Waals surface area contributed by atoms with E-state index >= 15 is 0 Å². The normalized spacial score (nSPS) is 11.7. The average Bonchev–Trinajstić information content (AvgIpc) is 2.41. The first-order valence-electron chi connectivity index (χ1n) is 6.27. The number of hydrogen-bond donors (Lipinski definition) is 1. The molecule has 2 aromatic rings. The molecule has 0 unspecified atom stereocenters.